The number of hydrogen-bond acceptors (Lipinski definition) is 8. The molecule has 9 heteroatoms. The Bertz CT molecular complexity index is 1730. The molecule has 1 aliphatic rings. The maximum Gasteiger partial charge on any atom is 0.262 e. The van der Waals surface area contributed by atoms with Crippen molar-refractivity contribution in [3.63, 3.8) is 0 Å². The lowest BCUT2D eigenvalue weighted by atomic mass is 9.95. The fourth-order valence-corrected chi connectivity index (χ4v) is 4.94. The number of hydrogen-bond donors (Lipinski definition) is 0. The maximum absolute atomic E-state index is 14.0. The summed E-state index contributed by atoms with van der Waals surface area (Å²) in [6.45, 7) is -0.130. The molecule has 1 aliphatic heterocycles. The van der Waals surface area contributed by atoms with E-state index in [9.17, 15) is 14.4 Å². The number of Topliss-reactive ketones (excluding diaryl/α,β-unsaturated/α-hetero) is 1. The van der Waals surface area contributed by atoms with Gasteiger partial charge in [-0.15, -0.1) is 0 Å². The molecular formula is C35H31NO8. The Morgan fingerprint density at radius 2 is 1.16 bits per heavy atom. The van der Waals surface area contributed by atoms with Crippen LogP contribution in [0.5, 0.6) is 28.7 Å². The summed E-state index contributed by atoms with van der Waals surface area (Å²) in [5.74, 6) is 0.658. The minimum Gasteiger partial charge on any atom is -0.497 e. The van der Waals surface area contributed by atoms with Crippen LogP contribution in [0.3, 0.4) is 0 Å². The molecule has 2 amide bonds. The first-order valence-electron chi connectivity index (χ1n) is 13.7. The predicted molar refractivity (Wildman–Crippen MR) is 164 cm³/mol. The minimum atomic E-state index is -0.610. The smallest absolute Gasteiger partial charge is 0.262 e. The molecule has 0 atom stereocenters. The molecule has 4 aromatic rings. The highest BCUT2D eigenvalue weighted by molar-refractivity contribution is 6.49. The van der Waals surface area contributed by atoms with Crippen LogP contribution in [0.2, 0.25) is 0 Å². The third kappa shape index (κ3) is 5.98. The maximum atomic E-state index is 14.0. The van der Waals surface area contributed by atoms with Crippen molar-refractivity contribution in [2.24, 2.45) is 0 Å². The molecule has 5 rings (SSSR count). The number of amides is 2. The summed E-state index contributed by atoms with van der Waals surface area (Å²) in [5.41, 5.74) is 2.42. The lowest BCUT2D eigenvalue weighted by Crippen LogP contribution is -2.36. The fraction of sp³-hybridized carbons (Fsp3) is 0.171. The van der Waals surface area contributed by atoms with Gasteiger partial charge in [-0.05, 0) is 65.2 Å². The average molecular weight is 594 g/mol. The number of rotatable bonds is 12. The second-order valence-corrected chi connectivity index (χ2v) is 9.81. The number of methoxy groups -OCH3 is 4. The Labute approximate surface area is 255 Å². The number of nitrogens with zero attached hydrogens (tertiary/aromatic N) is 1. The molecule has 4 aromatic carbocycles. The fourth-order valence-electron chi connectivity index (χ4n) is 4.94. The number of imide groups is 1. The van der Waals surface area contributed by atoms with Gasteiger partial charge < -0.3 is 23.7 Å². The van der Waals surface area contributed by atoms with Crippen molar-refractivity contribution in [1.29, 1.82) is 0 Å². The van der Waals surface area contributed by atoms with E-state index in [2.05, 4.69) is 0 Å². The van der Waals surface area contributed by atoms with Crippen molar-refractivity contribution in [1.82, 2.24) is 4.90 Å². The summed E-state index contributed by atoms with van der Waals surface area (Å²) >= 11 is 0. The van der Waals surface area contributed by atoms with E-state index in [1.54, 1.807) is 60.7 Å². The molecule has 0 saturated carbocycles. The highest BCUT2D eigenvalue weighted by Crippen LogP contribution is 2.41. The Hall–Kier alpha value is -5.57. The van der Waals surface area contributed by atoms with Crippen molar-refractivity contribution < 1.29 is 38.1 Å². The van der Waals surface area contributed by atoms with Gasteiger partial charge in [-0.1, -0.05) is 42.5 Å². The first-order valence-corrected chi connectivity index (χ1v) is 13.7. The van der Waals surface area contributed by atoms with Crippen LogP contribution in [-0.4, -0.2) is 57.5 Å². The summed E-state index contributed by atoms with van der Waals surface area (Å²) < 4.78 is 27.6. The number of carbonyl (C=O) groups is 3. The first kappa shape index (κ1) is 29.9. The van der Waals surface area contributed by atoms with Gasteiger partial charge in [0.15, 0.2) is 28.8 Å². The molecule has 9 nitrogen and oxygen atoms in total. The minimum absolute atomic E-state index is 0.123. The van der Waals surface area contributed by atoms with E-state index in [0.29, 0.717) is 52.0 Å². The number of benzene rings is 4. The molecule has 0 aromatic heterocycles. The lowest BCUT2D eigenvalue weighted by molar-refractivity contribution is -0.135. The Kier molecular flexibility index (Phi) is 8.95. The van der Waals surface area contributed by atoms with Crippen LogP contribution in [-0.2, 0) is 16.2 Å². The van der Waals surface area contributed by atoms with Gasteiger partial charge in [0.25, 0.3) is 11.8 Å². The Morgan fingerprint density at radius 1 is 0.614 bits per heavy atom. The van der Waals surface area contributed by atoms with Crippen molar-refractivity contribution in [3.05, 3.63) is 113 Å². The van der Waals surface area contributed by atoms with E-state index in [-0.39, 0.29) is 11.1 Å². The second kappa shape index (κ2) is 13.2. The SMILES string of the molecule is COc1ccc(C(=O)CN2C(=O)C(c3ccc(OC)c(OC)c3)=C(c3ccc(OCc4ccccc4)c(OC)c3)C2=O)cc1. The molecule has 1 heterocycles. The number of carbonyl (C=O) groups excluding carboxylic acids is 3. The van der Waals surface area contributed by atoms with Gasteiger partial charge >= 0.3 is 0 Å². The molecule has 0 bridgehead atoms. The second-order valence-electron chi connectivity index (χ2n) is 9.81. The van der Waals surface area contributed by atoms with Crippen molar-refractivity contribution >= 4 is 28.7 Å². The van der Waals surface area contributed by atoms with E-state index >= 15 is 0 Å². The van der Waals surface area contributed by atoms with E-state index in [1.165, 1.54) is 28.4 Å². The Morgan fingerprint density at radius 3 is 1.70 bits per heavy atom. The van der Waals surface area contributed by atoms with Crippen LogP contribution in [0.25, 0.3) is 11.1 Å². The molecule has 44 heavy (non-hydrogen) atoms. The summed E-state index contributed by atoms with van der Waals surface area (Å²) in [7, 11) is 6.02. The molecule has 0 spiro atoms. The molecule has 0 N–H and O–H groups in total. The molecule has 0 unspecified atom stereocenters. The third-order valence-electron chi connectivity index (χ3n) is 7.24. The number of ether oxygens (including phenoxy) is 5. The van der Waals surface area contributed by atoms with Crippen LogP contribution in [0.15, 0.2) is 91.0 Å². The quantitative estimate of drug-likeness (QED) is 0.158. The largest absolute Gasteiger partial charge is 0.497 e. The molecule has 0 fully saturated rings. The summed E-state index contributed by atoms with van der Waals surface area (Å²) in [5, 5.41) is 0. The van der Waals surface area contributed by atoms with Crippen LogP contribution in [0.1, 0.15) is 27.0 Å². The van der Waals surface area contributed by atoms with Crippen molar-refractivity contribution in [3.8, 4) is 28.7 Å². The van der Waals surface area contributed by atoms with Gasteiger partial charge in [-0.2, -0.15) is 0 Å². The van der Waals surface area contributed by atoms with E-state index in [4.69, 9.17) is 23.7 Å². The third-order valence-corrected chi connectivity index (χ3v) is 7.24. The van der Waals surface area contributed by atoms with E-state index in [1.807, 2.05) is 30.3 Å². The summed E-state index contributed by atoms with van der Waals surface area (Å²) in [6.07, 6.45) is 0. The zero-order valence-electron chi connectivity index (χ0n) is 24.8. The van der Waals surface area contributed by atoms with Gasteiger partial charge in [0, 0.05) is 5.56 Å². The topological polar surface area (TPSA) is 101 Å². The van der Waals surface area contributed by atoms with Gasteiger partial charge in [0.05, 0.1) is 46.1 Å². The van der Waals surface area contributed by atoms with Gasteiger partial charge in [-0.25, -0.2) is 0 Å². The predicted octanol–water partition coefficient (Wildman–Crippen LogP) is 5.46. The van der Waals surface area contributed by atoms with Crippen LogP contribution >= 0.6 is 0 Å². The molecule has 0 saturated heterocycles. The number of ketones is 1. The van der Waals surface area contributed by atoms with Crippen LogP contribution < -0.4 is 23.7 Å². The summed E-state index contributed by atoms with van der Waals surface area (Å²) in [4.78, 5) is 42.1. The Balaban J connectivity index is 1.54. The average Bonchev–Trinajstić information content (AvgIpc) is 3.32. The molecule has 224 valence electrons. The zero-order chi connectivity index (χ0) is 31.2. The monoisotopic (exact) mass is 593 g/mol. The van der Waals surface area contributed by atoms with Gasteiger partial charge in [-0.3, -0.25) is 19.3 Å². The molecule has 0 radical (unpaired) electrons. The van der Waals surface area contributed by atoms with Gasteiger partial charge in [0.2, 0.25) is 0 Å². The van der Waals surface area contributed by atoms with E-state index in [0.717, 1.165) is 10.5 Å². The van der Waals surface area contributed by atoms with Crippen LogP contribution in [0.4, 0.5) is 0 Å². The molecule has 0 aliphatic carbocycles. The van der Waals surface area contributed by atoms with Crippen molar-refractivity contribution in [2.45, 2.75) is 6.61 Å². The zero-order valence-corrected chi connectivity index (χ0v) is 24.8. The first-order chi connectivity index (χ1) is 21.4. The standard InChI is InChI=1S/C35H31NO8/c1-40-26-14-10-23(11-15-26)27(37)20-36-34(38)32(24-12-16-28(41-2)30(18-24)42-3)33(35(36)39)25-13-17-29(31(19-25)43-4)44-21-22-8-6-5-7-9-22/h5-19H,20-21H2,1-4H3. The molecular weight excluding hydrogens is 562 g/mol. The van der Waals surface area contributed by atoms with Crippen molar-refractivity contribution in [2.75, 3.05) is 35.0 Å². The van der Waals surface area contributed by atoms with Gasteiger partial charge in [0.1, 0.15) is 12.4 Å². The van der Waals surface area contributed by atoms with E-state index < -0.39 is 24.1 Å². The highest BCUT2D eigenvalue weighted by Gasteiger charge is 2.41. The highest BCUT2D eigenvalue weighted by atomic mass is 16.5. The van der Waals surface area contributed by atoms with Crippen LogP contribution in [0, 0.1) is 0 Å². The lowest BCUT2D eigenvalue weighted by Gasteiger charge is -2.15. The summed E-state index contributed by atoms with van der Waals surface area (Å²) in [6, 6.07) is 26.1. The normalized spacial score (nSPS) is 12.8.